The number of benzene rings is 9. The minimum absolute atomic E-state index is 0.0305. The molecule has 0 saturated heterocycles. The Bertz CT molecular complexity index is 4040. The van der Waals surface area contributed by atoms with Crippen LogP contribution < -0.4 is 0 Å². The minimum Gasteiger partial charge on any atom is -0.308 e. The van der Waals surface area contributed by atoms with E-state index < -0.39 is 58.1 Å². The number of alkyl halides is 12. The van der Waals surface area contributed by atoms with Crippen LogP contribution in [0.1, 0.15) is 33.4 Å². The monoisotopic (exact) mass is 1100 g/mol. The Kier molecular flexibility index (Phi) is 13.1. The van der Waals surface area contributed by atoms with Gasteiger partial charge in [-0.2, -0.15) is 63.2 Å². The van der Waals surface area contributed by atoms with Crippen LogP contribution in [-0.4, -0.2) is 19.5 Å². The van der Waals surface area contributed by atoms with Gasteiger partial charge in [0, 0.05) is 49.7 Å². The van der Waals surface area contributed by atoms with Crippen molar-refractivity contribution in [3.8, 4) is 96.5 Å². The number of halogens is 12. The van der Waals surface area contributed by atoms with Crippen LogP contribution in [0.4, 0.5) is 52.7 Å². The Morgan fingerprint density at radius 1 is 0.309 bits per heavy atom. The number of rotatable bonds is 8. The second kappa shape index (κ2) is 20.0. The van der Waals surface area contributed by atoms with Crippen LogP contribution in [0.25, 0.3) is 106 Å². The first-order chi connectivity index (χ1) is 38.6. The summed E-state index contributed by atoms with van der Waals surface area (Å²) in [4.78, 5) is 14.8. The summed E-state index contributed by atoms with van der Waals surface area (Å²) in [7, 11) is 0. The van der Waals surface area contributed by atoms with Gasteiger partial charge in [-0.25, -0.2) is 15.0 Å². The summed E-state index contributed by atoms with van der Waals surface area (Å²) in [6.45, 7) is 0. The maximum Gasteiger partial charge on any atom is 0.416 e. The predicted molar refractivity (Wildman–Crippen MR) is 282 cm³/mol. The van der Waals surface area contributed by atoms with Gasteiger partial charge in [-0.1, -0.05) is 109 Å². The van der Waals surface area contributed by atoms with Gasteiger partial charge in [0.1, 0.15) is 0 Å². The van der Waals surface area contributed by atoms with E-state index >= 15 is 0 Å². The lowest BCUT2D eigenvalue weighted by Gasteiger charge is -2.22. The number of fused-ring (bicyclic) bond motifs is 3. The smallest absolute Gasteiger partial charge is 0.308 e. The Balaban J connectivity index is 1.29. The third kappa shape index (κ3) is 10.2. The zero-order chi connectivity index (χ0) is 57.2. The van der Waals surface area contributed by atoms with E-state index in [1.807, 2.05) is 36.4 Å². The van der Waals surface area contributed by atoms with Gasteiger partial charge in [-0.05, 0) is 107 Å². The molecule has 0 N–H and O–H groups in total. The molecule has 11 rings (SSSR count). The molecule has 6 nitrogen and oxygen atoms in total. The van der Waals surface area contributed by atoms with Gasteiger partial charge in [-0.15, -0.1) is 0 Å². The third-order valence-electron chi connectivity index (χ3n) is 13.6. The third-order valence-corrected chi connectivity index (χ3v) is 13.6. The lowest BCUT2D eigenvalue weighted by Crippen LogP contribution is -2.11. The molecule has 11 aromatic rings. The van der Waals surface area contributed by atoms with Crippen molar-refractivity contribution in [1.29, 1.82) is 10.5 Å². The number of hydrogen-bond donors (Lipinski definition) is 0. The van der Waals surface area contributed by atoms with Crippen molar-refractivity contribution in [1.82, 2.24) is 19.5 Å². The van der Waals surface area contributed by atoms with Crippen LogP contribution in [0.15, 0.2) is 194 Å². The summed E-state index contributed by atoms with van der Waals surface area (Å²) in [5.74, 6) is 0.694. The highest BCUT2D eigenvalue weighted by Crippen LogP contribution is 2.48. The summed E-state index contributed by atoms with van der Waals surface area (Å²) >= 11 is 0. The number of nitriles is 2. The van der Waals surface area contributed by atoms with E-state index in [9.17, 15) is 63.2 Å². The fraction of sp³-hybridized carbons (Fsp3) is 0.0635. The van der Waals surface area contributed by atoms with E-state index in [-0.39, 0.29) is 90.5 Å². The van der Waals surface area contributed by atoms with Gasteiger partial charge in [-0.3, -0.25) is 0 Å². The molecular weight excluding hydrogens is 1070 g/mol. The second-order valence-corrected chi connectivity index (χ2v) is 18.7. The quantitative estimate of drug-likeness (QED) is 0.141. The average molecular weight is 1100 g/mol. The molecule has 0 spiro atoms. The van der Waals surface area contributed by atoms with E-state index in [4.69, 9.17) is 15.0 Å². The molecule has 0 radical (unpaired) electrons. The highest BCUT2D eigenvalue weighted by Gasteiger charge is 2.39. The van der Waals surface area contributed by atoms with E-state index in [1.165, 1.54) is 36.4 Å². The molecule has 0 aliphatic carbocycles. The topological polar surface area (TPSA) is 91.2 Å². The van der Waals surface area contributed by atoms with Gasteiger partial charge >= 0.3 is 24.7 Å². The van der Waals surface area contributed by atoms with Crippen molar-refractivity contribution < 1.29 is 52.7 Å². The molecule has 0 unspecified atom stereocenters. The fourth-order valence-corrected chi connectivity index (χ4v) is 9.85. The minimum atomic E-state index is -5.24. The zero-order valence-electron chi connectivity index (χ0n) is 41.2. The summed E-state index contributed by atoms with van der Waals surface area (Å²) in [6.07, 6.45) is -21.0. The van der Waals surface area contributed by atoms with Crippen LogP contribution >= 0.6 is 0 Å². The van der Waals surface area contributed by atoms with Crippen LogP contribution in [0.2, 0.25) is 0 Å². The summed E-state index contributed by atoms with van der Waals surface area (Å²) in [5.41, 5.74) is -4.26. The lowest BCUT2D eigenvalue weighted by molar-refractivity contribution is -0.144. The molecule has 81 heavy (non-hydrogen) atoms. The fourth-order valence-electron chi connectivity index (χ4n) is 9.85. The van der Waals surface area contributed by atoms with Crippen LogP contribution in [0, 0.1) is 22.7 Å². The van der Waals surface area contributed by atoms with Crippen molar-refractivity contribution in [3.63, 3.8) is 0 Å². The van der Waals surface area contributed by atoms with E-state index in [1.54, 1.807) is 89.5 Å². The Hall–Kier alpha value is -10.1. The molecule has 0 atom stereocenters. The molecule has 398 valence electrons. The predicted octanol–water partition coefficient (Wildman–Crippen LogP) is 18.5. The largest absolute Gasteiger partial charge is 0.416 e. The molecule has 0 aliphatic heterocycles. The first-order valence-electron chi connectivity index (χ1n) is 24.3. The molecule has 0 amide bonds. The average Bonchev–Trinajstić information content (AvgIpc) is 4.04. The van der Waals surface area contributed by atoms with E-state index in [0.29, 0.717) is 52.1 Å². The van der Waals surface area contributed by atoms with E-state index in [0.717, 1.165) is 0 Å². The van der Waals surface area contributed by atoms with Crippen molar-refractivity contribution >= 4 is 21.8 Å². The van der Waals surface area contributed by atoms with Gasteiger partial charge < -0.3 is 4.57 Å². The molecule has 18 heteroatoms. The number of aromatic nitrogens is 4. The van der Waals surface area contributed by atoms with Crippen LogP contribution in [0.5, 0.6) is 0 Å². The number of nitrogens with zero attached hydrogens (tertiary/aromatic N) is 6. The van der Waals surface area contributed by atoms with Crippen molar-refractivity contribution in [2.75, 3.05) is 0 Å². The SMILES string of the molecule is N#Cc1ccccc1-c1cc(-c2nc(-c3ccccc3)nc(-c3ccccc3)n2)cc(-c2ccccc2C#N)c1-n1c2ccc(-c3cc(C(F)(F)F)cc(C(F)(F)F)c3)cc2c2cc(-c3cc(C(F)(F)F)cc(C(F)(F)F)c3)ccc21. The molecule has 0 bridgehead atoms. The molecule has 2 aromatic heterocycles. The number of hydrogen-bond acceptors (Lipinski definition) is 5. The Morgan fingerprint density at radius 2 is 0.642 bits per heavy atom. The standard InChI is InChI=1S/C63H32F12N6/c64-60(65,66)44-23-41(24-45(31-44)61(67,68)69)37-19-21-54-50(27-37)51-28-38(42-25-46(62(70,71)72)32-47(26-42)63(73,74)75)20-22-55(51)81(54)56-52(48-17-9-7-15-39(48)33-76)29-43(30-53(56)49-18-10-8-16-40(49)34-77)59-79-57(35-11-3-1-4-12-35)78-58(80-59)36-13-5-2-6-14-36/h1-32H. The maximum atomic E-state index is 14.3. The van der Waals surface area contributed by atoms with Gasteiger partial charge in [0.2, 0.25) is 0 Å². The first kappa shape index (κ1) is 53.0. The van der Waals surface area contributed by atoms with Crippen LogP contribution in [0.3, 0.4) is 0 Å². The first-order valence-corrected chi connectivity index (χ1v) is 24.3. The second-order valence-electron chi connectivity index (χ2n) is 18.7. The van der Waals surface area contributed by atoms with Gasteiger partial charge in [0.05, 0.1) is 62.2 Å². The van der Waals surface area contributed by atoms with Crippen molar-refractivity contribution in [2.24, 2.45) is 0 Å². The van der Waals surface area contributed by atoms with E-state index in [2.05, 4.69) is 12.1 Å². The summed E-state index contributed by atoms with van der Waals surface area (Å²) in [6, 6.07) is 48.9. The molecular formula is C63H32F12N6. The Morgan fingerprint density at radius 3 is 0.988 bits per heavy atom. The Labute approximate surface area is 451 Å². The van der Waals surface area contributed by atoms with Crippen molar-refractivity contribution in [2.45, 2.75) is 24.7 Å². The normalized spacial score (nSPS) is 12.2. The van der Waals surface area contributed by atoms with Crippen molar-refractivity contribution in [3.05, 3.63) is 228 Å². The summed E-state index contributed by atoms with van der Waals surface area (Å²) in [5, 5.41) is 21.7. The van der Waals surface area contributed by atoms with Crippen LogP contribution in [-0.2, 0) is 24.7 Å². The molecule has 2 heterocycles. The van der Waals surface area contributed by atoms with Gasteiger partial charge in [0.25, 0.3) is 0 Å². The summed E-state index contributed by atoms with van der Waals surface area (Å²) < 4.78 is 174. The molecule has 0 saturated carbocycles. The highest BCUT2D eigenvalue weighted by molar-refractivity contribution is 6.13. The highest BCUT2D eigenvalue weighted by atomic mass is 19.4. The molecule has 9 aromatic carbocycles. The molecule has 0 aliphatic rings. The molecule has 0 fully saturated rings. The maximum absolute atomic E-state index is 14.3. The van der Waals surface area contributed by atoms with Gasteiger partial charge in [0.15, 0.2) is 17.5 Å². The zero-order valence-corrected chi connectivity index (χ0v) is 41.2. The lowest BCUT2D eigenvalue weighted by atomic mass is 9.89.